The number of hydrogen-bond acceptors (Lipinski definition) is 5. The van der Waals surface area contributed by atoms with Crippen LogP contribution in [0.25, 0.3) is 0 Å². The van der Waals surface area contributed by atoms with Gasteiger partial charge in [0.15, 0.2) is 0 Å². The summed E-state index contributed by atoms with van der Waals surface area (Å²) in [6, 6.07) is 4.90. The monoisotopic (exact) mass is 410 g/mol. The van der Waals surface area contributed by atoms with Crippen LogP contribution in [-0.2, 0) is 26.0 Å². The van der Waals surface area contributed by atoms with Gasteiger partial charge in [-0.2, -0.15) is 4.31 Å². The molecule has 0 bridgehead atoms. The summed E-state index contributed by atoms with van der Waals surface area (Å²) in [7, 11) is -2.01. The summed E-state index contributed by atoms with van der Waals surface area (Å²) in [4.78, 5) is 14.8. The minimum Gasteiger partial charge on any atom is -0.496 e. The van der Waals surface area contributed by atoms with Gasteiger partial charge in [0.05, 0.1) is 25.2 Å². The van der Waals surface area contributed by atoms with Crippen LogP contribution in [0.2, 0.25) is 0 Å². The van der Waals surface area contributed by atoms with Crippen LogP contribution >= 0.6 is 0 Å². The molecule has 0 aromatic heterocycles. The van der Waals surface area contributed by atoms with Crippen LogP contribution in [0.4, 0.5) is 0 Å². The normalized spacial score (nSPS) is 21.5. The number of piperidine rings is 1. The Morgan fingerprint density at radius 3 is 2.68 bits per heavy atom. The van der Waals surface area contributed by atoms with E-state index in [9.17, 15) is 13.2 Å². The van der Waals surface area contributed by atoms with Crippen molar-refractivity contribution >= 4 is 15.9 Å². The third kappa shape index (κ3) is 4.85. The average Bonchev–Trinajstić information content (AvgIpc) is 2.72. The number of ether oxygens (including phenoxy) is 2. The van der Waals surface area contributed by atoms with E-state index in [1.807, 2.05) is 4.90 Å². The van der Waals surface area contributed by atoms with Crippen LogP contribution in [0.15, 0.2) is 23.1 Å². The van der Waals surface area contributed by atoms with Gasteiger partial charge in [-0.15, -0.1) is 0 Å². The number of likely N-dealkylation sites (tertiary alicyclic amines) is 1. The lowest BCUT2D eigenvalue weighted by molar-refractivity contribution is -0.132. The third-order valence-electron chi connectivity index (χ3n) is 5.48. The molecule has 1 atom stereocenters. The Morgan fingerprint density at radius 2 is 2.00 bits per heavy atom. The molecule has 3 rings (SSSR count). The number of nitrogens with zero attached hydrogens (tertiary/aromatic N) is 2. The number of rotatable bonds is 6. The predicted octanol–water partition coefficient (Wildman–Crippen LogP) is 1.91. The maximum atomic E-state index is 12.9. The topological polar surface area (TPSA) is 76.1 Å². The second kappa shape index (κ2) is 9.24. The van der Waals surface area contributed by atoms with Gasteiger partial charge in [0.25, 0.3) is 0 Å². The molecule has 1 aromatic rings. The first-order valence-electron chi connectivity index (χ1n) is 9.94. The van der Waals surface area contributed by atoms with E-state index >= 15 is 0 Å². The van der Waals surface area contributed by atoms with Crippen molar-refractivity contribution in [3.05, 3.63) is 23.8 Å². The molecule has 0 saturated carbocycles. The lowest BCUT2D eigenvalue weighted by atomic mass is 9.99. The highest BCUT2D eigenvalue weighted by Gasteiger charge is 2.27. The van der Waals surface area contributed by atoms with E-state index < -0.39 is 10.0 Å². The van der Waals surface area contributed by atoms with E-state index in [0.717, 1.165) is 25.1 Å². The first-order chi connectivity index (χ1) is 13.4. The minimum absolute atomic E-state index is 0.120. The maximum absolute atomic E-state index is 12.9. The number of methoxy groups -OCH3 is 1. The smallest absolute Gasteiger partial charge is 0.243 e. The number of benzene rings is 1. The summed E-state index contributed by atoms with van der Waals surface area (Å²) in [5, 5.41) is 0. The largest absolute Gasteiger partial charge is 0.496 e. The molecular weight excluding hydrogens is 380 g/mol. The van der Waals surface area contributed by atoms with Gasteiger partial charge in [-0.1, -0.05) is 6.92 Å². The van der Waals surface area contributed by atoms with Gasteiger partial charge in [0, 0.05) is 32.6 Å². The molecule has 8 heteroatoms. The van der Waals surface area contributed by atoms with Crippen LogP contribution in [-0.4, -0.2) is 70.0 Å². The first-order valence-corrected chi connectivity index (χ1v) is 11.4. The minimum atomic E-state index is -3.57. The molecule has 2 heterocycles. The van der Waals surface area contributed by atoms with Gasteiger partial charge in [-0.3, -0.25) is 4.79 Å². The predicted molar refractivity (Wildman–Crippen MR) is 106 cm³/mol. The molecule has 1 amide bonds. The highest BCUT2D eigenvalue weighted by molar-refractivity contribution is 7.89. The number of aryl methyl sites for hydroxylation is 1. The zero-order chi connectivity index (χ0) is 20.1. The van der Waals surface area contributed by atoms with Crippen molar-refractivity contribution in [2.75, 3.05) is 46.5 Å². The average molecular weight is 411 g/mol. The molecule has 28 heavy (non-hydrogen) atoms. The van der Waals surface area contributed by atoms with Crippen molar-refractivity contribution in [3.8, 4) is 5.75 Å². The SMILES string of the molecule is COc1ccc(S(=O)(=O)N2CCOCC2)cc1CCC(=O)N1CCC[C@@H](C)C1. The van der Waals surface area contributed by atoms with Crippen LogP contribution in [0, 0.1) is 5.92 Å². The van der Waals surface area contributed by atoms with Crippen molar-refractivity contribution in [2.45, 2.75) is 37.5 Å². The Balaban J connectivity index is 1.73. The molecule has 156 valence electrons. The quantitative estimate of drug-likeness (QED) is 0.716. The summed E-state index contributed by atoms with van der Waals surface area (Å²) in [6.45, 7) is 5.32. The third-order valence-corrected chi connectivity index (χ3v) is 7.37. The van der Waals surface area contributed by atoms with Crippen molar-refractivity contribution in [1.29, 1.82) is 0 Å². The number of sulfonamides is 1. The molecule has 0 aliphatic carbocycles. The van der Waals surface area contributed by atoms with Crippen molar-refractivity contribution in [1.82, 2.24) is 9.21 Å². The second-order valence-corrected chi connectivity index (χ2v) is 9.52. The summed E-state index contributed by atoms with van der Waals surface area (Å²) >= 11 is 0. The Kier molecular flexibility index (Phi) is 6.95. The van der Waals surface area contributed by atoms with Gasteiger partial charge in [-0.05, 0) is 48.9 Å². The Morgan fingerprint density at radius 1 is 1.25 bits per heavy atom. The van der Waals surface area contributed by atoms with Crippen molar-refractivity contribution < 1.29 is 22.7 Å². The Bertz CT molecular complexity index is 790. The van der Waals surface area contributed by atoms with E-state index in [4.69, 9.17) is 9.47 Å². The van der Waals surface area contributed by atoms with Crippen LogP contribution < -0.4 is 4.74 Å². The number of amides is 1. The molecule has 0 spiro atoms. The van der Waals surface area contributed by atoms with Crippen LogP contribution in [0.1, 0.15) is 31.7 Å². The lowest BCUT2D eigenvalue weighted by Gasteiger charge is -2.31. The van der Waals surface area contributed by atoms with E-state index in [2.05, 4.69) is 6.92 Å². The molecule has 0 unspecified atom stereocenters. The molecule has 7 nitrogen and oxygen atoms in total. The zero-order valence-corrected chi connectivity index (χ0v) is 17.5. The highest BCUT2D eigenvalue weighted by Crippen LogP contribution is 2.26. The fourth-order valence-electron chi connectivity index (χ4n) is 3.86. The molecule has 2 saturated heterocycles. The van der Waals surface area contributed by atoms with Gasteiger partial charge >= 0.3 is 0 Å². The Hall–Kier alpha value is -1.64. The molecule has 2 aliphatic rings. The second-order valence-electron chi connectivity index (χ2n) is 7.58. The van der Waals surface area contributed by atoms with Gasteiger partial charge < -0.3 is 14.4 Å². The maximum Gasteiger partial charge on any atom is 0.243 e. The molecule has 2 aliphatic heterocycles. The standard InChI is InChI=1S/C20H30N2O5S/c1-16-4-3-9-21(15-16)20(23)8-5-17-14-18(6-7-19(17)26-2)28(24,25)22-10-12-27-13-11-22/h6-7,14,16H,3-5,8-13,15H2,1-2H3/t16-/m1/s1. The van der Waals surface area contributed by atoms with E-state index in [1.54, 1.807) is 25.3 Å². The van der Waals surface area contributed by atoms with Crippen molar-refractivity contribution in [3.63, 3.8) is 0 Å². The molecule has 2 fully saturated rings. The molecule has 1 aromatic carbocycles. The molecular formula is C20H30N2O5S. The zero-order valence-electron chi connectivity index (χ0n) is 16.7. The fraction of sp³-hybridized carbons (Fsp3) is 0.650. The fourth-order valence-corrected chi connectivity index (χ4v) is 5.32. The lowest BCUT2D eigenvalue weighted by Crippen LogP contribution is -2.40. The van der Waals surface area contributed by atoms with Gasteiger partial charge in [0.1, 0.15) is 5.75 Å². The highest BCUT2D eigenvalue weighted by atomic mass is 32.2. The molecule has 0 N–H and O–H groups in total. The summed E-state index contributed by atoms with van der Waals surface area (Å²) in [5.74, 6) is 1.27. The van der Waals surface area contributed by atoms with Crippen LogP contribution in [0.3, 0.4) is 0 Å². The number of hydrogen-bond donors (Lipinski definition) is 0. The van der Waals surface area contributed by atoms with Gasteiger partial charge in [0.2, 0.25) is 15.9 Å². The Labute approximate surface area is 167 Å². The summed E-state index contributed by atoms with van der Waals surface area (Å²) in [6.07, 6.45) is 3.02. The number of carbonyl (C=O) groups is 1. The number of morpholine rings is 1. The first kappa shape index (κ1) is 21.1. The summed E-state index contributed by atoms with van der Waals surface area (Å²) < 4.78 is 37.9. The van der Waals surface area contributed by atoms with Crippen LogP contribution in [0.5, 0.6) is 5.75 Å². The van der Waals surface area contributed by atoms with E-state index in [1.165, 1.54) is 10.7 Å². The number of carbonyl (C=O) groups excluding carboxylic acids is 1. The summed E-state index contributed by atoms with van der Waals surface area (Å²) in [5.41, 5.74) is 0.746. The molecule has 0 radical (unpaired) electrons. The van der Waals surface area contributed by atoms with E-state index in [-0.39, 0.29) is 10.8 Å². The van der Waals surface area contributed by atoms with Crippen molar-refractivity contribution in [2.24, 2.45) is 5.92 Å². The van der Waals surface area contributed by atoms with Gasteiger partial charge in [-0.25, -0.2) is 8.42 Å². The van der Waals surface area contributed by atoms with E-state index in [0.29, 0.717) is 50.8 Å².